The number of ether oxygens (including phenoxy) is 1. The van der Waals surface area contributed by atoms with Crippen molar-refractivity contribution in [2.24, 2.45) is 0 Å². The molecule has 0 saturated heterocycles. The van der Waals surface area contributed by atoms with Crippen molar-refractivity contribution in [3.05, 3.63) is 35.4 Å². The average molecular weight is 398 g/mol. The van der Waals surface area contributed by atoms with E-state index in [2.05, 4.69) is 24.4 Å². The standard InChI is InChI=1S/C20H35NO3SSi/c1-15(2)24-19(22)17-11-9-16(10-12-17)18(13-14-26(6,7)8)21-25(23)20(3,4)5/h9-12,15,18,21H,13-14H2,1-8H3/t18-,25?/m1/s1. The van der Waals surface area contributed by atoms with Gasteiger partial charge in [-0.05, 0) is 58.7 Å². The monoisotopic (exact) mass is 397 g/mol. The number of carbonyl (C=O) groups excluding carboxylic acids is 1. The Bertz CT molecular complexity index is 576. The fourth-order valence-electron chi connectivity index (χ4n) is 2.31. The normalized spacial score (nSPS) is 15.0. The molecule has 0 fully saturated rings. The first-order valence-corrected chi connectivity index (χ1v) is 14.1. The zero-order valence-corrected chi connectivity index (χ0v) is 19.3. The molecular weight excluding hydrogens is 362 g/mol. The van der Waals surface area contributed by atoms with E-state index >= 15 is 0 Å². The molecule has 0 radical (unpaired) electrons. The summed E-state index contributed by atoms with van der Waals surface area (Å²) in [5.41, 5.74) is 1.60. The summed E-state index contributed by atoms with van der Waals surface area (Å²) in [6, 6.07) is 8.63. The smallest absolute Gasteiger partial charge is 0.338 e. The molecule has 1 aromatic rings. The van der Waals surface area contributed by atoms with Gasteiger partial charge in [0.1, 0.15) is 4.75 Å². The second-order valence-electron chi connectivity index (χ2n) is 9.23. The summed E-state index contributed by atoms with van der Waals surface area (Å²) in [7, 11) is -1.21. The van der Waals surface area contributed by atoms with E-state index in [-0.39, 0.29) is 22.9 Å². The Kier molecular flexibility index (Phi) is 8.39. The topological polar surface area (TPSA) is 61.4 Å². The van der Waals surface area contributed by atoms with Gasteiger partial charge in [0, 0.05) is 19.4 Å². The largest absolute Gasteiger partial charge is 0.598 e. The number of carbonyl (C=O) groups is 1. The van der Waals surface area contributed by atoms with Gasteiger partial charge in [0.2, 0.25) is 0 Å². The van der Waals surface area contributed by atoms with Crippen LogP contribution in [0.1, 0.15) is 63.0 Å². The predicted molar refractivity (Wildman–Crippen MR) is 114 cm³/mol. The molecule has 0 saturated carbocycles. The van der Waals surface area contributed by atoms with Crippen LogP contribution in [0, 0.1) is 0 Å². The number of benzene rings is 1. The fraction of sp³-hybridized carbons (Fsp3) is 0.650. The molecule has 0 aliphatic heterocycles. The van der Waals surface area contributed by atoms with Crippen molar-refractivity contribution in [3.63, 3.8) is 0 Å². The van der Waals surface area contributed by atoms with Gasteiger partial charge in [0.05, 0.1) is 17.7 Å². The summed E-state index contributed by atoms with van der Waals surface area (Å²) in [6.07, 6.45) is 0.801. The van der Waals surface area contributed by atoms with Crippen LogP contribution in [0.4, 0.5) is 0 Å². The number of esters is 1. The number of hydrogen-bond acceptors (Lipinski definition) is 4. The first-order valence-electron chi connectivity index (χ1n) is 9.28. The Balaban J connectivity index is 2.96. The van der Waals surface area contributed by atoms with E-state index in [4.69, 9.17) is 4.74 Å². The minimum atomic E-state index is -1.21. The van der Waals surface area contributed by atoms with Gasteiger partial charge in [-0.2, -0.15) is 0 Å². The van der Waals surface area contributed by atoms with Crippen LogP contribution in [0.3, 0.4) is 0 Å². The van der Waals surface area contributed by atoms with Crippen molar-refractivity contribution < 1.29 is 14.1 Å². The predicted octanol–water partition coefficient (Wildman–Crippen LogP) is 5.07. The van der Waals surface area contributed by atoms with Crippen LogP contribution in [0.15, 0.2) is 24.3 Å². The Morgan fingerprint density at radius 3 is 2.15 bits per heavy atom. The van der Waals surface area contributed by atoms with E-state index in [0.29, 0.717) is 5.56 Å². The summed E-state index contributed by atoms with van der Waals surface area (Å²) in [4.78, 5) is 12.0. The molecule has 0 aliphatic rings. The minimum Gasteiger partial charge on any atom is -0.598 e. The lowest BCUT2D eigenvalue weighted by molar-refractivity contribution is 0.0378. The van der Waals surface area contributed by atoms with Crippen molar-refractivity contribution in [3.8, 4) is 0 Å². The molecule has 2 atom stereocenters. The molecule has 1 unspecified atom stereocenters. The second kappa shape index (κ2) is 9.40. The highest BCUT2D eigenvalue weighted by molar-refractivity contribution is 7.90. The lowest BCUT2D eigenvalue weighted by Crippen LogP contribution is -2.41. The average Bonchev–Trinajstić information content (AvgIpc) is 2.48. The molecule has 1 rings (SSSR count). The summed E-state index contributed by atoms with van der Waals surface area (Å²) in [5, 5.41) is 0. The van der Waals surface area contributed by atoms with E-state index in [1.54, 1.807) is 12.1 Å². The maximum absolute atomic E-state index is 12.6. The summed E-state index contributed by atoms with van der Waals surface area (Å²) in [5.74, 6) is -0.309. The van der Waals surface area contributed by atoms with Gasteiger partial charge in [-0.3, -0.25) is 0 Å². The van der Waals surface area contributed by atoms with E-state index < -0.39 is 19.4 Å². The molecule has 4 nitrogen and oxygen atoms in total. The molecule has 0 spiro atoms. The molecule has 0 aromatic heterocycles. The molecule has 0 heterocycles. The van der Waals surface area contributed by atoms with Gasteiger partial charge < -0.3 is 9.29 Å². The van der Waals surface area contributed by atoms with Gasteiger partial charge in [-0.1, -0.05) is 37.8 Å². The van der Waals surface area contributed by atoms with Crippen LogP contribution >= 0.6 is 0 Å². The first kappa shape index (κ1) is 23.2. The summed E-state index contributed by atoms with van der Waals surface area (Å²) >= 11 is -1.14. The van der Waals surface area contributed by atoms with Crippen LogP contribution in [-0.2, 0) is 16.1 Å². The lowest BCUT2D eigenvalue weighted by atomic mass is 10.0. The third-order valence-corrected chi connectivity index (χ3v) is 7.28. The Hall–Kier alpha value is -0.823. The van der Waals surface area contributed by atoms with E-state index in [9.17, 15) is 9.35 Å². The van der Waals surface area contributed by atoms with E-state index in [1.807, 2.05) is 46.8 Å². The van der Waals surface area contributed by atoms with Crippen LogP contribution < -0.4 is 4.72 Å². The highest BCUT2D eigenvalue weighted by Crippen LogP contribution is 2.27. The lowest BCUT2D eigenvalue weighted by Gasteiger charge is -2.29. The van der Waals surface area contributed by atoms with Crippen LogP contribution in [-0.4, -0.2) is 29.4 Å². The van der Waals surface area contributed by atoms with Crippen molar-refractivity contribution >= 4 is 25.4 Å². The zero-order valence-electron chi connectivity index (χ0n) is 17.5. The third-order valence-electron chi connectivity index (χ3n) is 3.88. The Labute approximate surface area is 163 Å². The van der Waals surface area contributed by atoms with Crippen LogP contribution in [0.2, 0.25) is 25.7 Å². The van der Waals surface area contributed by atoms with Crippen molar-refractivity contribution in [1.29, 1.82) is 0 Å². The molecule has 0 amide bonds. The van der Waals surface area contributed by atoms with Crippen molar-refractivity contribution in [1.82, 2.24) is 4.72 Å². The van der Waals surface area contributed by atoms with Crippen molar-refractivity contribution in [2.75, 3.05) is 0 Å². The number of nitrogens with one attached hydrogen (secondary N) is 1. The molecule has 1 aromatic carbocycles. The SMILES string of the molecule is CC(C)OC(=O)c1ccc([C@@H](CC[Si](C)(C)C)N[S+]([O-])C(C)(C)C)cc1. The van der Waals surface area contributed by atoms with Gasteiger partial charge in [0.15, 0.2) is 0 Å². The number of rotatable bonds is 8. The third kappa shape index (κ3) is 8.25. The highest BCUT2D eigenvalue weighted by atomic mass is 32.2. The molecule has 148 valence electrons. The van der Waals surface area contributed by atoms with Gasteiger partial charge >= 0.3 is 5.97 Å². The maximum atomic E-state index is 12.6. The quantitative estimate of drug-likeness (QED) is 0.378. The van der Waals surface area contributed by atoms with Gasteiger partial charge in [0.25, 0.3) is 0 Å². The fourth-order valence-corrected chi connectivity index (χ4v) is 4.33. The Morgan fingerprint density at radius 1 is 1.19 bits per heavy atom. The first-order chi connectivity index (χ1) is 11.8. The minimum absolute atomic E-state index is 0.0111. The molecular formula is C20H35NO3SSi. The second-order valence-corrected chi connectivity index (χ2v) is 16.8. The zero-order chi connectivity index (χ0) is 20.1. The van der Waals surface area contributed by atoms with Gasteiger partial charge in [-0.15, -0.1) is 4.72 Å². The van der Waals surface area contributed by atoms with E-state index in [0.717, 1.165) is 18.0 Å². The molecule has 26 heavy (non-hydrogen) atoms. The van der Waals surface area contributed by atoms with Crippen molar-refractivity contribution in [2.45, 2.75) is 83.6 Å². The molecule has 0 aliphatic carbocycles. The summed E-state index contributed by atoms with van der Waals surface area (Å²) in [6.45, 7) is 16.6. The van der Waals surface area contributed by atoms with Gasteiger partial charge in [-0.25, -0.2) is 4.79 Å². The number of hydrogen-bond donors (Lipinski definition) is 1. The molecule has 1 N–H and O–H groups in total. The summed E-state index contributed by atoms with van der Waals surface area (Å²) < 4.78 is 20.8. The Morgan fingerprint density at radius 2 is 1.73 bits per heavy atom. The highest BCUT2D eigenvalue weighted by Gasteiger charge is 2.30. The van der Waals surface area contributed by atoms with Crippen LogP contribution in [0.5, 0.6) is 0 Å². The molecule has 0 bridgehead atoms. The maximum Gasteiger partial charge on any atom is 0.338 e. The molecule has 6 heteroatoms. The van der Waals surface area contributed by atoms with E-state index in [1.165, 1.54) is 0 Å². The van der Waals surface area contributed by atoms with Crippen LogP contribution in [0.25, 0.3) is 0 Å².